The fraction of sp³-hybridized carbons (Fsp3) is 0.429. The van der Waals surface area contributed by atoms with Crippen LogP contribution in [-0.4, -0.2) is 29.7 Å². The normalized spacial score (nSPS) is 16.9. The molecule has 3 rings (SSSR count). The molecule has 1 aromatic carbocycles. The molecular formula is C14H17N3O. The number of benzene rings is 1. The van der Waals surface area contributed by atoms with Gasteiger partial charge in [0.2, 0.25) is 5.95 Å². The van der Waals surface area contributed by atoms with E-state index in [1.807, 2.05) is 30.5 Å². The average Bonchev–Trinajstić information content (AvgIpc) is 2.46. The number of hydrogen-bond donors (Lipinski definition) is 1. The van der Waals surface area contributed by atoms with Gasteiger partial charge in [-0.25, -0.2) is 9.97 Å². The van der Waals surface area contributed by atoms with Crippen LogP contribution >= 0.6 is 0 Å². The van der Waals surface area contributed by atoms with E-state index in [0.717, 1.165) is 49.5 Å². The van der Waals surface area contributed by atoms with Crippen molar-refractivity contribution in [3.05, 3.63) is 30.5 Å². The maximum Gasteiger partial charge on any atom is 0.223 e. The van der Waals surface area contributed by atoms with E-state index >= 15 is 0 Å². The van der Waals surface area contributed by atoms with E-state index in [2.05, 4.69) is 15.3 Å². The summed E-state index contributed by atoms with van der Waals surface area (Å²) in [7, 11) is 0. The third-order valence-corrected chi connectivity index (χ3v) is 3.38. The lowest BCUT2D eigenvalue weighted by atomic mass is 10.0. The van der Waals surface area contributed by atoms with Gasteiger partial charge in [-0.05, 0) is 24.8 Å². The van der Waals surface area contributed by atoms with Gasteiger partial charge in [0.25, 0.3) is 0 Å². The minimum absolute atomic E-state index is 0.675. The zero-order valence-corrected chi connectivity index (χ0v) is 10.3. The molecule has 2 aromatic rings. The lowest BCUT2D eigenvalue weighted by Crippen LogP contribution is -2.23. The van der Waals surface area contributed by atoms with Crippen molar-refractivity contribution in [2.75, 3.05) is 25.1 Å². The van der Waals surface area contributed by atoms with Crippen molar-refractivity contribution in [1.82, 2.24) is 9.97 Å². The van der Waals surface area contributed by atoms with Crippen LogP contribution in [0.3, 0.4) is 0 Å². The summed E-state index contributed by atoms with van der Waals surface area (Å²) in [6.07, 6.45) is 4.12. The minimum atomic E-state index is 0.675. The first kappa shape index (κ1) is 11.4. The Morgan fingerprint density at radius 2 is 2.06 bits per heavy atom. The molecule has 1 aliphatic heterocycles. The zero-order chi connectivity index (χ0) is 12.2. The molecule has 0 aliphatic carbocycles. The molecule has 0 bridgehead atoms. The number of ether oxygens (including phenoxy) is 1. The first-order valence-corrected chi connectivity index (χ1v) is 6.45. The smallest absolute Gasteiger partial charge is 0.223 e. The van der Waals surface area contributed by atoms with Crippen LogP contribution in [0.4, 0.5) is 5.95 Å². The molecule has 1 N–H and O–H groups in total. The number of para-hydroxylation sites is 1. The van der Waals surface area contributed by atoms with Gasteiger partial charge in [-0.1, -0.05) is 18.2 Å². The number of fused-ring (bicyclic) bond motifs is 1. The van der Waals surface area contributed by atoms with Crippen LogP contribution < -0.4 is 5.32 Å². The molecule has 0 atom stereocenters. The standard InChI is InChI=1S/C14H17N3O/c1-2-4-13-12(3-1)10-16-14(17-13)15-9-11-5-7-18-8-6-11/h1-4,10-11H,5-9H2,(H,15,16,17). The summed E-state index contributed by atoms with van der Waals surface area (Å²) in [4.78, 5) is 8.84. The predicted octanol–water partition coefficient (Wildman–Crippen LogP) is 2.47. The quantitative estimate of drug-likeness (QED) is 0.899. The summed E-state index contributed by atoms with van der Waals surface area (Å²) < 4.78 is 5.35. The molecule has 1 aliphatic rings. The van der Waals surface area contributed by atoms with Gasteiger partial charge in [-0.15, -0.1) is 0 Å². The third kappa shape index (κ3) is 2.59. The van der Waals surface area contributed by atoms with E-state index in [4.69, 9.17) is 4.74 Å². The molecule has 94 valence electrons. The first-order valence-electron chi connectivity index (χ1n) is 6.45. The average molecular weight is 243 g/mol. The summed E-state index contributed by atoms with van der Waals surface area (Å²) in [5.41, 5.74) is 0.988. The van der Waals surface area contributed by atoms with Crippen molar-refractivity contribution < 1.29 is 4.74 Å². The molecule has 2 heterocycles. The van der Waals surface area contributed by atoms with Crippen LogP contribution in [0.1, 0.15) is 12.8 Å². The number of aromatic nitrogens is 2. The highest BCUT2D eigenvalue weighted by Crippen LogP contribution is 2.16. The number of nitrogens with one attached hydrogen (secondary N) is 1. The fourth-order valence-electron chi connectivity index (χ4n) is 2.24. The number of anilines is 1. The highest BCUT2D eigenvalue weighted by Gasteiger charge is 2.13. The van der Waals surface area contributed by atoms with Gasteiger partial charge in [0.05, 0.1) is 5.52 Å². The van der Waals surface area contributed by atoms with Gasteiger partial charge in [0.15, 0.2) is 0 Å². The van der Waals surface area contributed by atoms with Crippen molar-refractivity contribution in [2.45, 2.75) is 12.8 Å². The second-order valence-corrected chi connectivity index (χ2v) is 4.69. The van der Waals surface area contributed by atoms with E-state index in [0.29, 0.717) is 5.92 Å². The molecule has 0 spiro atoms. The van der Waals surface area contributed by atoms with Gasteiger partial charge in [0, 0.05) is 31.3 Å². The van der Waals surface area contributed by atoms with E-state index in [1.54, 1.807) is 0 Å². The van der Waals surface area contributed by atoms with Gasteiger partial charge >= 0.3 is 0 Å². The topological polar surface area (TPSA) is 47.0 Å². The Labute approximate surface area is 106 Å². The zero-order valence-electron chi connectivity index (χ0n) is 10.3. The molecule has 18 heavy (non-hydrogen) atoms. The third-order valence-electron chi connectivity index (χ3n) is 3.38. The monoisotopic (exact) mass is 243 g/mol. The van der Waals surface area contributed by atoms with Crippen LogP contribution in [0.2, 0.25) is 0 Å². The van der Waals surface area contributed by atoms with E-state index in [-0.39, 0.29) is 0 Å². The van der Waals surface area contributed by atoms with Crippen LogP contribution in [0, 0.1) is 5.92 Å². The van der Waals surface area contributed by atoms with E-state index in [9.17, 15) is 0 Å². The van der Waals surface area contributed by atoms with Gasteiger partial charge < -0.3 is 10.1 Å². The van der Waals surface area contributed by atoms with Gasteiger partial charge in [0.1, 0.15) is 0 Å². The lowest BCUT2D eigenvalue weighted by molar-refractivity contribution is 0.0699. The van der Waals surface area contributed by atoms with Crippen LogP contribution in [0.25, 0.3) is 10.9 Å². The molecule has 1 fully saturated rings. The number of nitrogens with zero attached hydrogens (tertiary/aromatic N) is 2. The number of rotatable bonds is 3. The minimum Gasteiger partial charge on any atom is -0.381 e. The first-order chi connectivity index (χ1) is 8.92. The number of hydrogen-bond acceptors (Lipinski definition) is 4. The van der Waals surface area contributed by atoms with Crippen molar-refractivity contribution in [3.63, 3.8) is 0 Å². The Balaban J connectivity index is 1.66. The second kappa shape index (κ2) is 5.31. The van der Waals surface area contributed by atoms with Gasteiger partial charge in [-0.2, -0.15) is 0 Å². The molecule has 4 nitrogen and oxygen atoms in total. The van der Waals surface area contributed by atoms with Gasteiger partial charge in [-0.3, -0.25) is 0 Å². The molecule has 0 amide bonds. The maximum absolute atomic E-state index is 5.35. The fourth-order valence-corrected chi connectivity index (χ4v) is 2.24. The Kier molecular flexibility index (Phi) is 3.37. The van der Waals surface area contributed by atoms with Crippen molar-refractivity contribution in [3.8, 4) is 0 Å². The largest absolute Gasteiger partial charge is 0.381 e. The molecule has 0 unspecified atom stereocenters. The maximum atomic E-state index is 5.35. The summed E-state index contributed by atoms with van der Waals surface area (Å²) >= 11 is 0. The Bertz CT molecular complexity index is 523. The van der Waals surface area contributed by atoms with E-state index < -0.39 is 0 Å². The predicted molar refractivity (Wildman–Crippen MR) is 71.6 cm³/mol. The summed E-state index contributed by atoms with van der Waals surface area (Å²) in [5, 5.41) is 4.41. The van der Waals surface area contributed by atoms with Crippen molar-refractivity contribution >= 4 is 16.9 Å². The summed E-state index contributed by atoms with van der Waals surface area (Å²) in [5.74, 6) is 1.40. The van der Waals surface area contributed by atoms with Crippen LogP contribution in [-0.2, 0) is 4.74 Å². The SMILES string of the molecule is c1ccc2nc(NCC3CCOCC3)ncc2c1. The van der Waals surface area contributed by atoms with Crippen molar-refractivity contribution in [1.29, 1.82) is 0 Å². The Morgan fingerprint density at radius 1 is 1.22 bits per heavy atom. The Morgan fingerprint density at radius 3 is 2.94 bits per heavy atom. The highest BCUT2D eigenvalue weighted by atomic mass is 16.5. The van der Waals surface area contributed by atoms with E-state index in [1.165, 1.54) is 0 Å². The molecule has 0 radical (unpaired) electrons. The molecular weight excluding hydrogens is 226 g/mol. The second-order valence-electron chi connectivity index (χ2n) is 4.69. The lowest BCUT2D eigenvalue weighted by Gasteiger charge is -2.22. The van der Waals surface area contributed by atoms with Crippen LogP contribution in [0.15, 0.2) is 30.5 Å². The molecule has 4 heteroatoms. The molecule has 1 aromatic heterocycles. The summed E-state index contributed by atoms with van der Waals surface area (Å²) in [6, 6.07) is 8.03. The molecule has 1 saturated heterocycles. The molecule has 0 saturated carbocycles. The Hall–Kier alpha value is -1.68. The highest BCUT2D eigenvalue weighted by molar-refractivity contribution is 5.78. The van der Waals surface area contributed by atoms with Crippen molar-refractivity contribution in [2.24, 2.45) is 5.92 Å². The van der Waals surface area contributed by atoms with Crippen LogP contribution in [0.5, 0.6) is 0 Å². The summed E-state index contributed by atoms with van der Waals surface area (Å²) in [6.45, 7) is 2.69.